The number of alkyl halides is 2. The lowest BCUT2D eigenvalue weighted by molar-refractivity contribution is -0.124. The van der Waals surface area contributed by atoms with Crippen molar-refractivity contribution >= 4 is 17.5 Å². The SMILES string of the molecule is COCC(=O)NCCCNC(C)c1cc(Cl)ccc1OC(F)F. The summed E-state index contributed by atoms with van der Waals surface area (Å²) in [7, 11) is 1.45. The molecule has 0 aliphatic carbocycles. The third-order valence-corrected chi connectivity index (χ3v) is 3.29. The van der Waals surface area contributed by atoms with Gasteiger partial charge in [-0.25, -0.2) is 0 Å². The number of rotatable bonds is 10. The number of methoxy groups -OCH3 is 1. The zero-order chi connectivity index (χ0) is 17.2. The van der Waals surface area contributed by atoms with Crippen molar-refractivity contribution in [2.45, 2.75) is 26.0 Å². The van der Waals surface area contributed by atoms with Crippen LogP contribution in [0.2, 0.25) is 5.02 Å². The topological polar surface area (TPSA) is 59.6 Å². The fourth-order valence-corrected chi connectivity index (χ4v) is 2.17. The highest BCUT2D eigenvalue weighted by atomic mass is 35.5. The van der Waals surface area contributed by atoms with Gasteiger partial charge in [0.25, 0.3) is 0 Å². The quantitative estimate of drug-likeness (QED) is 0.637. The van der Waals surface area contributed by atoms with E-state index in [1.165, 1.54) is 19.2 Å². The van der Waals surface area contributed by atoms with E-state index in [0.717, 1.165) is 0 Å². The summed E-state index contributed by atoms with van der Waals surface area (Å²) in [6, 6.07) is 4.29. The largest absolute Gasteiger partial charge is 0.434 e. The van der Waals surface area contributed by atoms with Gasteiger partial charge in [-0.1, -0.05) is 11.6 Å². The minimum atomic E-state index is -2.89. The summed E-state index contributed by atoms with van der Waals surface area (Å²) < 4.78 is 34.1. The van der Waals surface area contributed by atoms with Crippen LogP contribution in [-0.4, -0.2) is 39.3 Å². The average Bonchev–Trinajstić information content (AvgIpc) is 2.48. The Bertz CT molecular complexity index is 504. The van der Waals surface area contributed by atoms with E-state index in [1.807, 2.05) is 6.92 Å². The van der Waals surface area contributed by atoms with E-state index in [2.05, 4.69) is 15.4 Å². The van der Waals surface area contributed by atoms with Crippen molar-refractivity contribution in [1.82, 2.24) is 10.6 Å². The Labute approximate surface area is 139 Å². The van der Waals surface area contributed by atoms with Crippen molar-refractivity contribution in [3.05, 3.63) is 28.8 Å². The number of carbonyl (C=O) groups excluding carboxylic acids is 1. The second-order valence-corrected chi connectivity index (χ2v) is 5.31. The molecule has 1 aromatic rings. The number of ether oxygens (including phenoxy) is 2. The molecule has 0 aliphatic rings. The summed E-state index contributed by atoms with van der Waals surface area (Å²) >= 11 is 5.92. The van der Waals surface area contributed by atoms with E-state index in [1.54, 1.807) is 6.07 Å². The van der Waals surface area contributed by atoms with Crippen LogP contribution >= 0.6 is 11.6 Å². The van der Waals surface area contributed by atoms with Gasteiger partial charge in [0.05, 0.1) is 0 Å². The normalized spacial score (nSPS) is 12.3. The third kappa shape index (κ3) is 7.58. The molecule has 0 bridgehead atoms. The van der Waals surface area contributed by atoms with Gasteiger partial charge < -0.3 is 20.1 Å². The third-order valence-electron chi connectivity index (χ3n) is 3.06. The van der Waals surface area contributed by atoms with E-state index >= 15 is 0 Å². The van der Waals surface area contributed by atoms with E-state index in [0.29, 0.717) is 30.1 Å². The van der Waals surface area contributed by atoms with Crippen molar-refractivity contribution in [1.29, 1.82) is 0 Å². The predicted molar refractivity (Wildman–Crippen MR) is 84.0 cm³/mol. The Morgan fingerprint density at radius 3 is 2.74 bits per heavy atom. The smallest absolute Gasteiger partial charge is 0.387 e. The number of hydrogen-bond acceptors (Lipinski definition) is 4. The highest BCUT2D eigenvalue weighted by molar-refractivity contribution is 6.30. The summed E-state index contributed by atoms with van der Waals surface area (Å²) in [5.41, 5.74) is 0.557. The fraction of sp³-hybridized carbons (Fsp3) is 0.533. The first kappa shape index (κ1) is 19.6. The number of amides is 1. The van der Waals surface area contributed by atoms with Crippen molar-refractivity contribution in [2.24, 2.45) is 0 Å². The standard InChI is InChI=1S/C15H21ClF2N2O3/c1-10(19-6-3-7-20-14(21)9-22-2)12-8-11(16)4-5-13(12)23-15(17)18/h4-5,8,10,15,19H,3,6-7,9H2,1-2H3,(H,20,21). The molecular formula is C15H21ClF2N2O3. The molecule has 1 unspecified atom stereocenters. The number of nitrogens with one attached hydrogen (secondary N) is 2. The molecule has 0 fully saturated rings. The Morgan fingerprint density at radius 1 is 1.35 bits per heavy atom. The van der Waals surface area contributed by atoms with Crippen LogP contribution in [0.3, 0.4) is 0 Å². The minimum absolute atomic E-state index is 0.0284. The molecule has 1 amide bonds. The van der Waals surface area contributed by atoms with E-state index in [9.17, 15) is 13.6 Å². The molecule has 23 heavy (non-hydrogen) atoms. The van der Waals surface area contributed by atoms with Gasteiger partial charge in [0.15, 0.2) is 0 Å². The number of hydrogen-bond donors (Lipinski definition) is 2. The highest BCUT2D eigenvalue weighted by Crippen LogP contribution is 2.29. The lowest BCUT2D eigenvalue weighted by atomic mass is 10.1. The number of carbonyl (C=O) groups is 1. The Morgan fingerprint density at radius 2 is 2.09 bits per heavy atom. The van der Waals surface area contributed by atoms with Gasteiger partial charge in [0.1, 0.15) is 12.4 Å². The Kier molecular flexibility index (Phi) is 8.83. The van der Waals surface area contributed by atoms with Crippen molar-refractivity contribution in [3.63, 3.8) is 0 Å². The summed E-state index contributed by atoms with van der Waals surface area (Å²) in [6.07, 6.45) is 0.686. The molecule has 0 heterocycles. The zero-order valence-electron chi connectivity index (χ0n) is 13.1. The zero-order valence-corrected chi connectivity index (χ0v) is 13.8. The maximum absolute atomic E-state index is 12.4. The molecule has 1 rings (SSSR count). The molecule has 0 spiro atoms. The summed E-state index contributed by atoms with van der Waals surface area (Å²) in [5.74, 6) is -0.0826. The number of benzene rings is 1. The Balaban J connectivity index is 2.46. The van der Waals surface area contributed by atoms with Gasteiger partial charge in [-0.05, 0) is 38.1 Å². The van der Waals surface area contributed by atoms with E-state index in [-0.39, 0.29) is 24.3 Å². The molecule has 0 radical (unpaired) electrons. The van der Waals surface area contributed by atoms with Gasteiger partial charge in [0, 0.05) is 30.3 Å². The van der Waals surface area contributed by atoms with Crippen molar-refractivity contribution in [2.75, 3.05) is 26.8 Å². The molecule has 1 atom stereocenters. The maximum atomic E-state index is 12.4. The molecule has 0 saturated heterocycles. The lowest BCUT2D eigenvalue weighted by Gasteiger charge is -2.18. The van der Waals surface area contributed by atoms with Gasteiger partial charge in [-0.15, -0.1) is 0 Å². The summed E-state index contributed by atoms with van der Waals surface area (Å²) in [4.78, 5) is 11.2. The van der Waals surface area contributed by atoms with Crippen LogP contribution in [0.1, 0.15) is 24.9 Å². The molecule has 0 aliphatic heterocycles. The average molecular weight is 351 g/mol. The molecule has 0 aromatic heterocycles. The first-order valence-electron chi connectivity index (χ1n) is 7.17. The molecule has 5 nitrogen and oxygen atoms in total. The molecule has 0 saturated carbocycles. The molecule has 1 aromatic carbocycles. The van der Waals surface area contributed by atoms with Crippen LogP contribution < -0.4 is 15.4 Å². The second kappa shape index (κ2) is 10.4. The Hall–Kier alpha value is -1.44. The van der Waals surface area contributed by atoms with Gasteiger partial charge in [-0.2, -0.15) is 8.78 Å². The van der Waals surface area contributed by atoms with Crippen LogP contribution in [-0.2, 0) is 9.53 Å². The van der Waals surface area contributed by atoms with Gasteiger partial charge in [0.2, 0.25) is 5.91 Å². The fourth-order valence-electron chi connectivity index (χ4n) is 1.99. The number of halogens is 3. The molecule has 130 valence electrons. The van der Waals surface area contributed by atoms with Crippen LogP contribution in [0.15, 0.2) is 18.2 Å². The summed E-state index contributed by atoms with van der Waals surface area (Å²) in [5, 5.41) is 6.32. The van der Waals surface area contributed by atoms with E-state index < -0.39 is 6.61 Å². The van der Waals surface area contributed by atoms with Crippen molar-refractivity contribution < 1.29 is 23.0 Å². The minimum Gasteiger partial charge on any atom is -0.434 e. The van der Waals surface area contributed by atoms with Crippen LogP contribution in [0.4, 0.5) is 8.78 Å². The van der Waals surface area contributed by atoms with Gasteiger partial charge >= 0.3 is 6.61 Å². The first-order chi connectivity index (χ1) is 10.9. The van der Waals surface area contributed by atoms with Crippen LogP contribution in [0.5, 0.6) is 5.75 Å². The van der Waals surface area contributed by atoms with Crippen LogP contribution in [0, 0.1) is 0 Å². The monoisotopic (exact) mass is 350 g/mol. The van der Waals surface area contributed by atoms with Crippen LogP contribution in [0.25, 0.3) is 0 Å². The first-order valence-corrected chi connectivity index (χ1v) is 7.55. The predicted octanol–water partition coefficient (Wildman–Crippen LogP) is 2.74. The van der Waals surface area contributed by atoms with Crippen molar-refractivity contribution in [3.8, 4) is 5.75 Å². The molecule has 8 heteroatoms. The van der Waals surface area contributed by atoms with E-state index in [4.69, 9.17) is 16.3 Å². The maximum Gasteiger partial charge on any atom is 0.387 e. The second-order valence-electron chi connectivity index (χ2n) is 4.87. The molecule has 2 N–H and O–H groups in total. The van der Waals surface area contributed by atoms with Gasteiger partial charge in [-0.3, -0.25) is 4.79 Å². The highest BCUT2D eigenvalue weighted by Gasteiger charge is 2.15. The summed E-state index contributed by atoms with van der Waals surface area (Å²) in [6.45, 7) is 0.0549. The lowest BCUT2D eigenvalue weighted by Crippen LogP contribution is -2.30. The molecular weight excluding hydrogens is 330 g/mol.